The Morgan fingerprint density at radius 3 is 2.86 bits per heavy atom. The van der Waals surface area contributed by atoms with Crippen LogP contribution in [0.1, 0.15) is 6.92 Å². The molecule has 5 heteroatoms. The molecule has 3 N–H and O–H groups in total. The van der Waals surface area contributed by atoms with Crippen LogP contribution in [0.25, 0.3) is 0 Å². The van der Waals surface area contributed by atoms with Gasteiger partial charge in [-0.15, -0.1) is 0 Å². The number of hydrogen-bond donors (Lipinski definition) is 2. The Morgan fingerprint density at radius 1 is 1.50 bits per heavy atom. The predicted molar refractivity (Wildman–Crippen MR) is 56.1 cm³/mol. The highest BCUT2D eigenvalue weighted by Crippen LogP contribution is 2.15. The maximum absolute atomic E-state index is 5.44. The van der Waals surface area contributed by atoms with Gasteiger partial charge < -0.3 is 16.0 Å². The van der Waals surface area contributed by atoms with Crippen molar-refractivity contribution < 1.29 is 0 Å². The van der Waals surface area contributed by atoms with Crippen molar-refractivity contribution in [3.8, 4) is 0 Å². The lowest BCUT2D eigenvalue weighted by molar-refractivity contribution is 0.500. The van der Waals surface area contributed by atoms with Crippen LogP contribution in [0.2, 0.25) is 0 Å². The number of anilines is 2. The Kier molecular flexibility index (Phi) is 2.49. The van der Waals surface area contributed by atoms with Gasteiger partial charge in [0.2, 0.25) is 5.95 Å². The van der Waals surface area contributed by atoms with Crippen LogP contribution >= 0.6 is 0 Å². The zero-order valence-corrected chi connectivity index (χ0v) is 8.27. The Labute approximate surface area is 83.3 Å². The fourth-order valence-corrected chi connectivity index (χ4v) is 1.70. The first-order chi connectivity index (χ1) is 6.77. The summed E-state index contributed by atoms with van der Waals surface area (Å²) in [6, 6.07) is 0.482. The van der Waals surface area contributed by atoms with Gasteiger partial charge in [-0.25, -0.2) is 9.97 Å². The van der Waals surface area contributed by atoms with Gasteiger partial charge in [-0.3, -0.25) is 0 Å². The number of nitrogens with two attached hydrogens (primary N) is 1. The second-order valence-electron chi connectivity index (χ2n) is 3.55. The van der Waals surface area contributed by atoms with E-state index in [9.17, 15) is 0 Å². The molecular weight excluding hydrogens is 178 g/mol. The summed E-state index contributed by atoms with van der Waals surface area (Å²) >= 11 is 0. The first-order valence-corrected chi connectivity index (χ1v) is 4.82. The van der Waals surface area contributed by atoms with Crippen molar-refractivity contribution in [3.63, 3.8) is 0 Å². The molecule has 2 heterocycles. The van der Waals surface area contributed by atoms with Gasteiger partial charge in [0.25, 0.3) is 0 Å². The van der Waals surface area contributed by atoms with Crippen LogP contribution in [0, 0.1) is 0 Å². The van der Waals surface area contributed by atoms with Crippen LogP contribution in [-0.2, 0) is 0 Å². The lowest BCUT2D eigenvalue weighted by Gasteiger charge is -2.35. The minimum Gasteiger partial charge on any atom is -0.368 e. The van der Waals surface area contributed by atoms with E-state index in [0.717, 1.165) is 25.3 Å². The van der Waals surface area contributed by atoms with E-state index in [1.165, 1.54) is 0 Å². The average Bonchev–Trinajstić information content (AvgIpc) is 2.20. The van der Waals surface area contributed by atoms with Gasteiger partial charge in [-0.2, -0.15) is 0 Å². The zero-order chi connectivity index (χ0) is 9.97. The Morgan fingerprint density at radius 2 is 2.21 bits per heavy atom. The molecule has 1 aromatic heterocycles. The highest BCUT2D eigenvalue weighted by atomic mass is 15.2. The maximum Gasteiger partial charge on any atom is 0.220 e. The summed E-state index contributed by atoms with van der Waals surface area (Å²) in [5.41, 5.74) is 6.49. The summed E-state index contributed by atoms with van der Waals surface area (Å²) < 4.78 is 0. The van der Waals surface area contributed by atoms with Gasteiger partial charge in [0.1, 0.15) is 0 Å². The Hall–Kier alpha value is -1.36. The molecule has 0 radical (unpaired) electrons. The van der Waals surface area contributed by atoms with Crippen molar-refractivity contribution in [2.75, 3.05) is 30.3 Å². The normalized spacial score (nSPS) is 22.4. The van der Waals surface area contributed by atoms with E-state index in [2.05, 4.69) is 27.1 Å². The van der Waals surface area contributed by atoms with Gasteiger partial charge >= 0.3 is 0 Å². The molecule has 1 aromatic rings. The number of rotatable bonds is 1. The van der Waals surface area contributed by atoms with E-state index >= 15 is 0 Å². The third kappa shape index (κ3) is 1.77. The first-order valence-electron chi connectivity index (χ1n) is 4.82. The Balaban J connectivity index is 2.16. The molecule has 0 saturated carbocycles. The molecule has 5 nitrogen and oxygen atoms in total. The van der Waals surface area contributed by atoms with Crippen LogP contribution in [0.3, 0.4) is 0 Å². The van der Waals surface area contributed by atoms with Crippen molar-refractivity contribution in [2.24, 2.45) is 0 Å². The molecule has 0 aromatic carbocycles. The first kappa shape index (κ1) is 9.21. The number of nitrogens with one attached hydrogen (secondary N) is 1. The van der Waals surface area contributed by atoms with Crippen molar-refractivity contribution >= 4 is 11.6 Å². The quantitative estimate of drug-likeness (QED) is 0.649. The van der Waals surface area contributed by atoms with Gasteiger partial charge in [0.05, 0.1) is 18.1 Å². The molecular formula is C9H15N5. The van der Waals surface area contributed by atoms with Crippen molar-refractivity contribution in [3.05, 3.63) is 12.4 Å². The van der Waals surface area contributed by atoms with Gasteiger partial charge in [-0.1, -0.05) is 0 Å². The standard InChI is InChI=1S/C9H15N5/c1-7-4-11-2-3-14(7)8-5-12-9(10)13-6-8/h5-7,11H,2-4H2,1H3,(H2,10,12,13). The van der Waals surface area contributed by atoms with E-state index in [1.807, 2.05) is 0 Å². The molecule has 0 aliphatic carbocycles. The number of nitrogen functional groups attached to an aromatic ring is 1. The smallest absolute Gasteiger partial charge is 0.220 e. The number of nitrogens with zero attached hydrogens (tertiary/aromatic N) is 3. The number of hydrogen-bond acceptors (Lipinski definition) is 5. The summed E-state index contributed by atoms with van der Waals surface area (Å²) in [6.07, 6.45) is 3.56. The van der Waals surface area contributed by atoms with Gasteiger partial charge in [0.15, 0.2) is 0 Å². The highest BCUT2D eigenvalue weighted by Gasteiger charge is 2.18. The topological polar surface area (TPSA) is 67.1 Å². The fraction of sp³-hybridized carbons (Fsp3) is 0.556. The van der Waals surface area contributed by atoms with E-state index in [4.69, 9.17) is 5.73 Å². The molecule has 0 spiro atoms. The van der Waals surface area contributed by atoms with Crippen LogP contribution in [0.4, 0.5) is 11.6 Å². The van der Waals surface area contributed by atoms with Gasteiger partial charge in [0, 0.05) is 25.7 Å². The average molecular weight is 193 g/mol. The second-order valence-corrected chi connectivity index (χ2v) is 3.55. The van der Waals surface area contributed by atoms with Crippen LogP contribution in [-0.4, -0.2) is 35.6 Å². The van der Waals surface area contributed by atoms with E-state index in [0.29, 0.717) is 12.0 Å². The van der Waals surface area contributed by atoms with Crippen LogP contribution in [0.15, 0.2) is 12.4 Å². The molecule has 1 saturated heterocycles. The third-order valence-electron chi connectivity index (χ3n) is 2.49. The number of aromatic nitrogens is 2. The molecule has 1 atom stereocenters. The number of piperazine rings is 1. The van der Waals surface area contributed by atoms with Crippen molar-refractivity contribution in [2.45, 2.75) is 13.0 Å². The largest absolute Gasteiger partial charge is 0.368 e. The maximum atomic E-state index is 5.44. The lowest BCUT2D eigenvalue weighted by Crippen LogP contribution is -2.50. The summed E-state index contributed by atoms with van der Waals surface area (Å²) in [4.78, 5) is 10.3. The summed E-state index contributed by atoms with van der Waals surface area (Å²) in [5.74, 6) is 0.330. The molecule has 0 bridgehead atoms. The lowest BCUT2D eigenvalue weighted by atomic mass is 10.2. The van der Waals surface area contributed by atoms with E-state index < -0.39 is 0 Å². The monoisotopic (exact) mass is 193 g/mol. The molecule has 1 aliphatic heterocycles. The van der Waals surface area contributed by atoms with E-state index in [-0.39, 0.29) is 0 Å². The fourth-order valence-electron chi connectivity index (χ4n) is 1.70. The molecule has 76 valence electrons. The van der Waals surface area contributed by atoms with Crippen molar-refractivity contribution in [1.29, 1.82) is 0 Å². The second kappa shape index (κ2) is 3.79. The van der Waals surface area contributed by atoms with Crippen LogP contribution < -0.4 is 16.0 Å². The summed E-state index contributed by atoms with van der Waals surface area (Å²) in [5, 5.41) is 3.34. The minimum atomic E-state index is 0.330. The molecule has 1 aliphatic rings. The third-order valence-corrected chi connectivity index (χ3v) is 2.49. The highest BCUT2D eigenvalue weighted by molar-refractivity contribution is 5.45. The van der Waals surface area contributed by atoms with E-state index in [1.54, 1.807) is 12.4 Å². The summed E-state index contributed by atoms with van der Waals surface area (Å²) in [7, 11) is 0. The van der Waals surface area contributed by atoms with Gasteiger partial charge in [-0.05, 0) is 6.92 Å². The molecule has 0 amide bonds. The minimum absolute atomic E-state index is 0.330. The summed E-state index contributed by atoms with van der Waals surface area (Å²) in [6.45, 7) is 5.19. The van der Waals surface area contributed by atoms with Crippen LogP contribution in [0.5, 0.6) is 0 Å². The molecule has 14 heavy (non-hydrogen) atoms. The molecule has 2 rings (SSSR count). The molecule has 1 unspecified atom stereocenters. The Bertz CT molecular complexity index is 297. The zero-order valence-electron chi connectivity index (χ0n) is 8.27. The SMILES string of the molecule is CC1CNCCN1c1cnc(N)nc1. The predicted octanol–water partition coefficient (Wildman–Crippen LogP) is -0.143. The van der Waals surface area contributed by atoms with Crippen molar-refractivity contribution in [1.82, 2.24) is 15.3 Å². The molecule has 1 fully saturated rings.